The van der Waals surface area contributed by atoms with Crippen molar-refractivity contribution < 1.29 is 8.42 Å². The van der Waals surface area contributed by atoms with E-state index < -0.39 is 10.0 Å². The molecule has 118 valence electrons. The molecule has 1 fully saturated rings. The zero-order chi connectivity index (χ0) is 15.7. The zero-order valence-electron chi connectivity index (χ0n) is 12.1. The quantitative estimate of drug-likeness (QED) is 0.918. The number of hydrogen-bond acceptors (Lipinski definition) is 4. The van der Waals surface area contributed by atoms with Gasteiger partial charge in [0.1, 0.15) is 4.90 Å². The second-order valence-electron chi connectivity index (χ2n) is 5.38. The molecule has 2 aromatic rings. The van der Waals surface area contributed by atoms with Crippen LogP contribution in [0.1, 0.15) is 6.42 Å². The first kappa shape index (κ1) is 15.3. The van der Waals surface area contributed by atoms with Crippen LogP contribution >= 0.6 is 11.6 Å². The third kappa shape index (κ3) is 3.26. The predicted molar refractivity (Wildman–Crippen MR) is 85.6 cm³/mol. The highest BCUT2D eigenvalue weighted by Gasteiger charge is 2.28. The normalized spacial score (nSPS) is 18.8. The Hall–Kier alpha value is -1.57. The molecule has 0 bridgehead atoms. The van der Waals surface area contributed by atoms with Gasteiger partial charge in [0.05, 0.1) is 6.20 Å². The lowest BCUT2D eigenvalue weighted by molar-refractivity contribution is 0.561. The summed E-state index contributed by atoms with van der Waals surface area (Å²) in [5, 5.41) is 4.59. The van der Waals surface area contributed by atoms with Crippen molar-refractivity contribution in [2.75, 3.05) is 18.0 Å². The minimum atomic E-state index is -3.52. The Bertz CT molecular complexity index is 757. The summed E-state index contributed by atoms with van der Waals surface area (Å²) in [5.74, 6) is 0. The number of nitrogens with zero attached hydrogens (tertiary/aromatic N) is 3. The third-order valence-electron chi connectivity index (χ3n) is 3.69. The summed E-state index contributed by atoms with van der Waals surface area (Å²) in [6.07, 6.45) is 3.62. The van der Waals surface area contributed by atoms with Crippen LogP contribution in [0.5, 0.6) is 0 Å². The topological polar surface area (TPSA) is 67.2 Å². The van der Waals surface area contributed by atoms with Crippen LogP contribution in [0.4, 0.5) is 5.69 Å². The van der Waals surface area contributed by atoms with Gasteiger partial charge in [-0.05, 0) is 30.7 Å². The maximum absolute atomic E-state index is 12.3. The standard InChI is InChI=1S/C14H17ClN4O2S/c1-18-10-14(8-16-18)22(20,21)17-12-6-7-19(9-12)13-4-2-11(15)3-5-13/h2-5,8,10,12,17H,6-7,9H2,1H3/t12-/m0/s1. The number of nitrogens with one attached hydrogen (secondary N) is 1. The second kappa shape index (κ2) is 5.91. The molecule has 1 saturated heterocycles. The van der Waals surface area contributed by atoms with Crippen LogP contribution in [0, 0.1) is 0 Å². The monoisotopic (exact) mass is 340 g/mol. The first-order chi connectivity index (χ1) is 10.4. The number of rotatable bonds is 4. The number of benzene rings is 1. The fourth-order valence-corrected chi connectivity index (χ4v) is 3.94. The van der Waals surface area contributed by atoms with Gasteiger partial charge in [0.25, 0.3) is 0 Å². The van der Waals surface area contributed by atoms with Crippen molar-refractivity contribution in [3.8, 4) is 0 Å². The highest BCUT2D eigenvalue weighted by atomic mass is 35.5. The van der Waals surface area contributed by atoms with Crippen molar-refractivity contribution in [1.29, 1.82) is 0 Å². The van der Waals surface area contributed by atoms with Crippen LogP contribution < -0.4 is 9.62 Å². The van der Waals surface area contributed by atoms with Crippen molar-refractivity contribution >= 4 is 27.3 Å². The molecule has 2 heterocycles. The molecule has 0 spiro atoms. The Kier molecular flexibility index (Phi) is 4.12. The Morgan fingerprint density at radius 2 is 2.05 bits per heavy atom. The largest absolute Gasteiger partial charge is 0.370 e. The molecular weight excluding hydrogens is 324 g/mol. The van der Waals surface area contributed by atoms with Gasteiger partial charge in [0.2, 0.25) is 10.0 Å². The Balaban J connectivity index is 1.67. The van der Waals surface area contributed by atoms with E-state index in [0.717, 1.165) is 18.7 Å². The van der Waals surface area contributed by atoms with Gasteiger partial charge in [-0.15, -0.1) is 0 Å². The van der Waals surface area contributed by atoms with Gasteiger partial charge in [-0.2, -0.15) is 5.10 Å². The van der Waals surface area contributed by atoms with Crippen molar-refractivity contribution in [1.82, 2.24) is 14.5 Å². The lowest BCUT2D eigenvalue weighted by atomic mass is 10.3. The van der Waals surface area contributed by atoms with E-state index in [1.54, 1.807) is 7.05 Å². The van der Waals surface area contributed by atoms with Gasteiger partial charge in [-0.3, -0.25) is 4.68 Å². The van der Waals surface area contributed by atoms with Crippen LogP contribution in [0.25, 0.3) is 0 Å². The molecule has 0 radical (unpaired) electrons. The molecule has 22 heavy (non-hydrogen) atoms. The van der Waals surface area contributed by atoms with Gasteiger partial charge in [0.15, 0.2) is 0 Å². The van der Waals surface area contributed by atoms with Crippen molar-refractivity contribution in [3.63, 3.8) is 0 Å². The lowest BCUT2D eigenvalue weighted by Gasteiger charge is -2.19. The molecule has 1 aromatic heterocycles. The SMILES string of the molecule is Cn1cc(S(=O)(=O)N[C@H]2CCN(c3ccc(Cl)cc3)C2)cn1. The van der Waals surface area contributed by atoms with E-state index in [-0.39, 0.29) is 10.9 Å². The van der Waals surface area contributed by atoms with Gasteiger partial charge in [-0.1, -0.05) is 11.6 Å². The maximum Gasteiger partial charge on any atom is 0.244 e. The Morgan fingerprint density at radius 1 is 1.32 bits per heavy atom. The van der Waals surface area contributed by atoms with Crippen LogP contribution in [0.2, 0.25) is 5.02 Å². The highest BCUT2D eigenvalue weighted by molar-refractivity contribution is 7.89. The number of anilines is 1. The molecule has 1 aliphatic rings. The fraction of sp³-hybridized carbons (Fsp3) is 0.357. The van der Waals surface area contributed by atoms with Crippen LogP contribution in [0.15, 0.2) is 41.6 Å². The van der Waals surface area contributed by atoms with Gasteiger partial charge in [-0.25, -0.2) is 13.1 Å². The van der Waals surface area contributed by atoms with E-state index in [0.29, 0.717) is 11.6 Å². The van der Waals surface area contributed by atoms with Crippen molar-refractivity contribution in [2.45, 2.75) is 17.4 Å². The summed E-state index contributed by atoms with van der Waals surface area (Å²) in [6.45, 7) is 1.45. The number of aryl methyl sites for hydroxylation is 1. The summed E-state index contributed by atoms with van der Waals surface area (Å²) in [5.41, 5.74) is 1.05. The third-order valence-corrected chi connectivity index (χ3v) is 5.42. The van der Waals surface area contributed by atoms with E-state index in [9.17, 15) is 8.42 Å². The Morgan fingerprint density at radius 3 is 2.68 bits per heavy atom. The van der Waals surface area contributed by atoms with Gasteiger partial charge in [0, 0.05) is 43.1 Å². The van der Waals surface area contributed by atoms with Crippen molar-refractivity contribution in [3.05, 3.63) is 41.7 Å². The van der Waals surface area contributed by atoms with Gasteiger partial charge < -0.3 is 4.90 Å². The lowest BCUT2D eigenvalue weighted by Crippen LogP contribution is -2.36. The van der Waals surface area contributed by atoms with Crippen LogP contribution in [-0.2, 0) is 17.1 Å². The predicted octanol–water partition coefficient (Wildman–Crippen LogP) is 1.63. The molecular formula is C14H17ClN4O2S. The molecule has 1 N–H and O–H groups in total. The molecule has 0 unspecified atom stereocenters. The molecule has 0 aliphatic carbocycles. The number of halogens is 1. The van der Waals surface area contributed by atoms with E-state index in [1.165, 1.54) is 17.1 Å². The molecule has 8 heteroatoms. The molecule has 6 nitrogen and oxygen atoms in total. The molecule has 0 amide bonds. The number of hydrogen-bond donors (Lipinski definition) is 1. The summed E-state index contributed by atoms with van der Waals surface area (Å²) in [6, 6.07) is 7.45. The van der Waals surface area contributed by atoms with Gasteiger partial charge >= 0.3 is 0 Å². The average molecular weight is 341 g/mol. The van der Waals surface area contributed by atoms with Crippen LogP contribution in [0.3, 0.4) is 0 Å². The first-order valence-corrected chi connectivity index (χ1v) is 8.82. The second-order valence-corrected chi connectivity index (χ2v) is 7.53. The zero-order valence-corrected chi connectivity index (χ0v) is 13.7. The first-order valence-electron chi connectivity index (χ1n) is 6.95. The average Bonchev–Trinajstić information content (AvgIpc) is 3.09. The summed E-state index contributed by atoms with van der Waals surface area (Å²) >= 11 is 5.89. The number of aromatic nitrogens is 2. The minimum Gasteiger partial charge on any atom is -0.370 e. The van der Waals surface area contributed by atoms with E-state index in [4.69, 9.17) is 11.6 Å². The smallest absolute Gasteiger partial charge is 0.244 e. The molecule has 3 rings (SSSR count). The van der Waals surface area contributed by atoms with Crippen molar-refractivity contribution in [2.24, 2.45) is 7.05 Å². The summed E-state index contributed by atoms with van der Waals surface area (Å²) in [4.78, 5) is 2.34. The number of sulfonamides is 1. The summed E-state index contributed by atoms with van der Waals surface area (Å²) in [7, 11) is -1.82. The summed E-state index contributed by atoms with van der Waals surface area (Å²) < 4.78 is 28.8. The molecule has 1 aromatic carbocycles. The highest BCUT2D eigenvalue weighted by Crippen LogP contribution is 2.23. The van der Waals surface area contributed by atoms with E-state index >= 15 is 0 Å². The van der Waals surface area contributed by atoms with E-state index in [2.05, 4.69) is 14.7 Å². The molecule has 1 aliphatic heterocycles. The van der Waals surface area contributed by atoms with E-state index in [1.807, 2.05) is 24.3 Å². The fourth-order valence-electron chi connectivity index (χ4n) is 2.57. The molecule has 1 atom stereocenters. The Labute approximate surface area is 134 Å². The minimum absolute atomic E-state index is 0.110. The van der Waals surface area contributed by atoms with Crippen LogP contribution in [-0.4, -0.2) is 37.3 Å². The maximum atomic E-state index is 12.3. The molecule has 0 saturated carbocycles.